The Bertz CT molecular complexity index is 776. The number of halogens is 1. The lowest BCUT2D eigenvalue weighted by molar-refractivity contribution is -0.116. The second-order valence-corrected chi connectivity index (χ2v) is 7.35. The largest absolute Gasteiger partial charge is 0.356 e. The first-order valence-corrected chi connectivity index (χ1v) is 9.22. The van der Waals surface area contributed by atoms with Gasteiger partial charge in [-0.2, -0.15) is 0 Å². The van der Waals surface area contributed by atoms with Gasteiger partial charge in [0, 0.05) is 55.7 Å². The van der Waals surface area contributed by atoms with Gasteiger partial charge in [-0.15, -0.1) is 35.3 Å². The summed E-state index contributed by atoms with van der Waals surface area (Å²) in [6, 6.07) is 7.96. The highest BCUT2D eigenvalue weighted by molar-refractivity contribution is 14.0. The number of aliphatic imine (C=N–C) groups is 1. The van der Waals surface area contributed by atoms with Crippen LogP contribution in [-0.4, -0.2) is 37.0 Å². The van der Waals surface area contributed by atoms with E-state index in [-0.39, 0.29) is 35.8 Å². The second kappa shape index (κ2) is 9.86. The summed E-state index contributed by atoms with van der Waals surface area (Å²) in [6.45, 7) is 3.50. The van der Waals surface area contributed by atoms with Crippen LogP contribution in [-0.2, 0) is 11.2 Å². The lowest BCUT2D eigenvalue weighted by Gasteiger charge is -2.26. The van der Waals surface area contributed by atoms with Crippen molar-refractivity contribution in [2.24, 2.45) is 4.99 Å². The normalized spacial score (nSPS) is 16.3. The summed E-state index contributed by atoms with van der Waals surface area (Å²) < 4.78 is 0. The van der Waals surface area contributed by atoms with Crippen LogP contribution in [0.15, 0.2) is 35.5 Å². The van der Waals surface area contributed by atoms with Gasteiger partial charge >= 0.3 is 0 Å². The SMILES string of the molecule is CN=C(NCCc1ncc(C)s1)NCC1CC(=O)Nc2ccccc21.I. The fourth-order valence-corrected chi connectivity index (χ4v) is 3.72. The number of hydrogen-bond acceptors (Lipinski definition) is 4. The first kappa shape index (κ1) is 20.6. The Hall–Kier alpha value is -1.68. The molecule has 0 saturated heterocycles. The maximum Gasteiger partial charge on any atom is 0.225 e. The number of thiazole rings is 1. The highest BCUT2D eigenvalue weighted by atomic mass is 127. The number of carbonyl (C=O) groups excluding carboxylic acids is 1. The fourth-order valence-electron chi connectivity index (χ4n) is 2.93. The first-order chi connectivity index (χ1) is 12.2. The molecule has 0 radical (unpaired) electrons. The molecule has 1 atom stereocenters. The number of nitrogens with one attached hydrogen (secondary N) is 3. The number of para-hydroxylation sites is 1. The molecule has 8 heteroatoms. The van der Waals surface area contributed by atoms with Crippen LogP contribution in [0.25, 0.3) is 0 Å². The maximum absolute atomic E-state index is 11.9. The number of rotatable bonds is 5. The van der Waals surface area contributed by atoms with E-state index in [0.29, 0.717) is 13.0 Å². The van der Waals surface area contributed by atoms with Crippen molar-refractivity contribution in [2.75, 3.05) is 25.5 Å². The van der Waals surface area contributed by atoms with Crippen LogP contribution in [0.3, 0.4) is 0 Å². The van der Waals surface area contributed by atoms with Crippen molar-refractivity contribution >= 4 is 52.9 Å². The van der Waals surface area contributed by atoms with E-state index in [1.54, 1.807) is 18.4 Å². The molecule has 1 aliphatic heterocycles. The quantitative estimate of drug-likeness (QED) is 0.346. The summed E-state index contributed by atoms with van der Waals surface area (Å²) in [4.78, 5) is 21.7. The van der Waals surface area contributed by atoms with E-state index in [1.165, 1.54) is 10.4 Å². The zero-order valence-electron chi connectivity index (χ0n) is 14.9. The van der Waals surface area contributed by atoms with E-state index < -0.39 is 0 Å². The van der Waals surface area contributed by atoms with Crippen LogP contribution in [0.1, 0.15) is 27.8 Å². The molecule has 2 heterocycles. The Kier molecular flexibility index (Phi) is 7.83. The Morgan fingerprint density at radius 2 is 2.19 bits per heavy atom. The van der Waals surface area contributed by atoms with Crippen molar-refractivity contribution in [1.29, 1.82) is 0 Å². The number of fused-ring (bicyclic) bond motifs is 1. The third-order valence-corrected chi connectivity index (χ3v) is 5.12. The molecule has 2 aromatic rings. The molecule has 3 N–H and O–H groups in total. The van der Waals surface area contributed by atoms with Gasteiger partial charge in [0.1, 0.15) is 0 Å². The van der Waals surface area contributed by atoms with E-state index in [4.69, 9.17) is 0 Å². The van der Waals surface area contributed by atoms with E-state index in [2.05, 4.69) is 38.9 Å². The molecule has 3 rings (SSSR count). The minimum atomic E-state index is 0. The summed E-state index contributed by atoms with van der Waals surface area (Å²) in [5.41, 5.74) is 2.08. The van der Waals surface area contributed by atoms with E-state index in [0.717, 1.165) is 29.6 Å². The molecule has 0 bridgehead atoms. The van der Waals surface area contributed by atoms with Gasteiger partial charge in [-0.05, 0) is 18.6 Å². The molecule has 1 aromatic heterocycles. The molecule has 6 nitrogen and oxygen atoms in total. The molecule has 0 spiro atoms. The topological polar surface area (TPSA) is 78.4 Å². The van der Waals surface area contributed by atoms with Crippen molar-refractivity contribution < 1.29 is 4.79 Å². The van der Waals surface area contributed by atoms with Gasteiger partial charge in [0.2, 0.25) is 5.91 Å². The van der Waals surface area contributed by atoms with Crippen LogP contribution in [0.2, 0.25) is 0 Å². The van der Waals surface area contributed by atoms with Gasteiger partial charge in [0.05, 0.1) is 5.01 Å². The van der Waals surface area contributed by atoms with E-state index in [1.807, 2.05) is 24.4 Å². The lowest BCUT2D eigenvalue weighted by atomic mass is 9.90. The average Bonchev–Trinajstić information content (AvgIpc) is 3.02. The third kappa shape index (κ3) is 5.41. The molecule has 26 heavy (non-hydrogen) atoms. The number of carbonyl (C=O) groups is 1. The van der Waals surface area contributed by atoms with Gasteiger partial charge in [-0.25, -0.2) is 4.98 Å². The first-order valence-electron chi connectivity index (χ1n) is 8.40. The minimum absolute atomic E-state index is 0. The number of aryl methyl sites for hydroxylation is 1. The van der Waals surface area contributed by atoms with E-state index in [9.17, 15) is 4.79 Å². The van der Waals surface area contributed by atoms with Crippen LogP contribution in [0.5, 0.6) is 0 Å². The number of anilines is 1. The standard InChI is InChI=1S/C18H23N5OS.HI/c1-12-10-21-17(25-12)7-8-20-18(19-2)22-11-13-9-16(24)23-15-6-4-3-5-14(13)15;/h3-6,10,13H,7-9,11H2,1-2H3,(H,23,24)(H2,19,20,22);1H. The van der Waals surface area contributed by atoms with Crippen LogP contribution >= 0.6 is 35.3 Å². The summed E-state index contributed by atoms with van der Waals surface area (Å²) in [6.07, 6.45) is 3.26. The number of amides is 1. The van der Waals surface area contributed by atoms with Crippen molar-refractivity contribution in [1.82, 2.24) is 15.6 Å². The minimum Gasteiger partial charge on any atom is -0.356 e. The summed E-state index contributed by atoms with van der Waals surface area (Å²) >= 11 is 1.72. The van der Waals surface area contributed by atoms with Gasteiger partial charge < -0.3 is 16.0 Å². The maximum atomic E-state index is 11.9. The zero-order chi connectivity index (χ0) is 17.6. The summed E-state index contributed by atoms with van der Waals surface area (Å²) in [5, 5.41) is 10.7. The number of nitrogens with zero attached hydrogens (tertiary/aromatic N) is 2. The molecule has 0 aliphatic carbocycles. The lowest BCUT2D eigenvalue weighted by Crippen LogP contribution is -2.41. The van der Waals surface area contributed by atoms with Gasteiger partial charge in [-0.3, -0.25) is 9.79 Å². The highest BCUT2D eigenvalue weighted by Crippen LogP contribution is 2.31. The smallest absolute Gasteiger partial charge is 0.225 e. The molecule has 0 saturated carbocycles. The number of hydrogen-bond donors (Lipinski definition) is 3. The van der Waals surface area contributed by atoms with Crippen molar-refractivity contribution in [3.63, 3.8) is 0 Å². The molecular weight excluding hydrogens is 461 g/mol. The number of guanidine groups is 1. The second-order valence-electron chi connectivity index (χ2n) is 6.03. The average molecular weight is 485 g/mol. The molecule has 1 unspecified atom stereocenters. The Balaban J connectivity index is 0.00000243. The molecule has 1 aromatic carbocycles. The molecule has 1 amide bonds. The number of aromatic nitrogens is 1. The van der Waals surface area contributed by atoms with Gasteiger partial charge in [0.25, 0.3) is 0 Å². The van der Waals surface area contributed by atoms with Crippen LogP contribution in [0.4, 0.5) is 5.69 Å². The Morgan fingerprint density at radius 3 is 2.92 bits per heavy atom. The van der Waals surface area contributed by atoms with Crippen molar-refractivity contribution in [2.45, 2.75) is 25.7 Å². The Morgan fingerprint density at radius 1 is 1.38 bits per heavy atom. The van der Waals surface area contributed by atoms with Crippen molar-refractivity contribution in [3.8, 4) is 0 Å². The molecule has 0 fully saturated rings. The van der Waals surface area contributed by atoms with Crippen LogP contribution in [0, 0.1) is 6.92 Å². The number of benzene rings is 1. The molecule has 1 aliphatic rings. The molecule has 140 valence electrons. The fraction of sp³-hybridized carbons (Fsp3) is 0.389. The Labute approximate surface area is 174 Å². The predicted octanol–water partition coefficient (Wildman–Crippen LogP) is 2.90. The highest BCUT2D eigenvalue weighted by Gasteiger charge is 2.24. The van der Waals surface area contributed by atoms with Crippen molar-refractivity contribution in [3.05, 3.63) is 45.9 Å². The molecular formula is C18H24IN5OS. The summed E-state index contributed by atoms with van der Waals surface area (Å²) in [7, 11) is 1.75. The zero-order valence-corrected chi connectivity index (χ0v) is 18.1. The monoisotopic (exact) mass is 485 g/mol. The van der Waals surface area contributed by atoms with Gasteiger partial charge in [0.15, 0.2) is 5.96 Å². The third-order valence-electron chi connectivity index (χ3n) is 4.15. The van der Waals surface area contributed by atoms with Crippen LogP contribution < -0.4 is 16.0 Å². The van der Waals surface area contributed by atoms with E-state index >= 15 is 0 Å². The van der Waals surface area contributed by atoms with Gasteiger partial charge in [-0.1, -0.05) is 18.2 Å². The summed E-state index contributed by atoms with van der Waals surface area (Å²) in [5.74, 6) is 0.953. The predicted molar refractivity (Wildman–Crippen MR) is 118 cm³/mol.